The fourth-order valence-corrected chi connectivity index (χ4v) is 1.44. The Morgan fingerprint density at radius 1 is 1.00 bits per heavy atom. The van der Waals surface area contributed by atoms with Gasteiger partial charge in [-0.15, -0.1) is 0 Å². The van der Waals surface area contributed by atoms with Crippen LogP contribution in [0.5, 0.6) is 0 Å². The molecule has 0 aliphatic heterocycles. The lowest BCUT2D eigenvalue weighted by atomic mass is 10.4. The summed E-state index contributed by atoms with van der Waals surface area (Å²) in [7, 11) is 0. The van der Waals surface area contributed by atoms with Crippen LogP contribution in [0.4, 0.5) is 17.6 Å². The summed E-state index contributed by atoms with van der Waals surface area (Å²) >= 11 is 2.69. The summed E-state index contributed by atoms with van der Waals surface area (Å²) in [5, 5.41) is 0. The second-order valence-electron chi connectivity index (χ2n) is 3.37. The summed E-state index contributed by atoms with van der Waals surface area (Å²) in [5.74, 6) is 0. The molecule has 11 heteroatoms. The Morgan fingerprint density at radius 3 is 2.05 bits per heavy atom. The lowest BCUT2D eigenvalue weighted by molar-refractivity contribution is 0.144. The SMILES string of the molecule is O=c1[nH]cnc(C(F)F)c1Br.O=c1cc(C(F)F)nc[nH]1. The van der Waals surface area contributed by atoms with E-state index in [-0.39, 0.29) is 4.47 Å². The standard InChI is InChI=1S/C5H3BrF2N2O.C5H4F2N2O/c6-2-3(4(7)8)9-1-10-5(2)11;6-5(7)3-1-4(10)9-2-8-3/h1,4H,(H,9,10,11);1-2,5H,(H,8,9,10). The quantitative estimate of drug-likeness (QED) is 0.792. The molecule has 2 aromatic heterocycles. The molecule has 0 bridgehead atoms. The second-order valence-corrected chi connectivity index (χ2v) is 4.16. The molecule has 0 amide bonds. The van der Waals surface area contributed by atoms with E-state index in [0.29, 0.717) is 0 Å². The van der Waals surface area contributed by atoms with E-state index < -0.39 is 35.4 Å². The van der Waals surface area contributed by atoms with Gasteiger partial charge in [0.05, 0.1) is 12.7 Å². The van der Waals surface area contributed by atoms with Gasteiger partial charge in [0.2, 0.25) is 0 Å². The molecule has 21 heavy (non-hydrogen) atoms. The van der Waals surface area contributed by atoms with Crippen molar-refractivity contribution in [2.24, 2.45) is 0 Å². The third kappa shape index (κ3) is 5.10. The van der Waals surface area contributed by atoms with Gasteiger partial charge in [-0.25, -0.2) is 27.5 Å². The molecule has 0 saturated carbocycles. The van der Waals surface area contributed by atoms with Gasteiger partial charge >= 0.3 is 0 Å². The summed E-state index contributed by atoms with van der Waals surface area (Å²) in [4.78, 5) is 31.8. The van der Waals surface area contributed by atoms with Crippen molar-refractivity contribution in [2.75, 3.05) is 0 Å². The lowest BCUT2D eigenvalue weighted by Crippen LogP contribution is -2.10. The molecule has 0 saturated heterocycles. The number of nitrogens with zero attached hydrogens (tertiary/aromatic N) is 2. The van der Waals surface area contributed by atoms with Crippen molar-refractivity contribution < 1.29 is 17.6 Å². The maximum atomic E-state index is 12.0. The van der Waals surface area contributed by atoms with Crippen molar-refractivity contribution in [3.8, 4) is 0 Å². The van der Waals surface area contributed by atoms with Gasteiger partial charge in [0, 0.05) is 6.07 Å². The minimum absolute atomic E-state index is 0.213. The fraction of sp³-hybridized carbons (Fsp3) is 0.200. The second kappa shape index (κ2) is 7.67. The smallest absolute Gasteiger partial charge is 0.281 e. The van der Waals surface area contributed by atoms with Gasteiger partial charge in [0.25, 0.3) is 24.0 Å². The van der Waals surface area contributed by atoms with E-state index in [1.807, 2.05) is 0 Å². The Balaban J connectivity index is 0.000000211. The van der Waals surface area contributed by atoms with E-state index in [0.717, 1.165) is 18.7 Å². The zero-order valence-corrected chi connectivity index (χ0v) is 11.6. The molecule has 2 heterocycles. The van der Waals surface area contributed by atoms with Crippen LogP contribution in [0.1, 0.15) is 24.2 Å². The lowest BCUT2D eigenvalue weighted by Gasteiger charge is -1.97. The number of aromatic nitrogens is 4. The molecule has 0 atom stereocenters. The van der Waals surface area contributed by atoms with Crippen molar-refractivity contribution in [1.82, 2.24) is 19.9 Å². The van der Waals surface area contributed by atoms with E-state index in [2.05, 4.69) is 35.9 Å². The molecule has 2 aromatic rings. The van der Waals surface area contributed by atoms with E-state index in [4.69, 9.17) is 0 Å². The molecule has 0 spiro atoms. The van der Waals surface area contributed by atoms with Crippen LogP contribution in [0.15, 0.2) is 32.8 Å². The van der Waals surface area contributed by atoms with Crippen molar-refractivity contribution in [3.05, 3.63) is 55.3 Å². The molecule has 2 N–H and O–H groups in total. The van der Waals surface area contributed by atoms with Gasteiger partial charge in [-0.1, -0.05) is 0 Å². The van der Waals surface area contributed by atoms with E-state index in [1.165, 1.54) is 0 Å². The zero-order chi connectivity index (χ0) is 16.0. The minimum atomic E-state index is -2.73. The average molecular weight is 371 g/mol. The van der Waals surface area contributed by atoms with Gasteiger partial charge < -0.3 is 9.97 Å². The number of H-pyrrole nitrogens is 2. The summed E-state index contributed by atoms with van der Waals surface area (Å²) in [6.45, 7) is 0. The molecule has 0 fully saturated rings. The van der Waals surface area contributed by atoms with Crippen LogP contribution < -0.4 is 11.1 Å². The van der Waals surface area contributed by atoms with E-state index in [9.17, 15) is 27.2 Å². The van der Waals surface area contributed by atoms with Crippen molar-refractivity contribution >= 4 is 15.9 Å². The van der Waals surface area contributed by atoms with Gasteiger partial charge in [0.15, 0.2) is 0 Å². The normalized spacial score (nSPS) is 10.4. The Labute approximate surface area is 122 Å². The molecule has 2 rings (SSSR count). The predicted molar refractivity (Wildman–Crippen MR) is 67.3 cm³/mol. The maximum absolute atomic E-state index is 12.0. The molecule has 0 radical (unpaired) electrons. The Bertz CT molecular complexity index is 704. The summed E-state index contributed by atoms with van der Waals surface area (Å²) in [5.41, 5.74) is -2.20. The van der Waals surface area contributed by atoms with Crippen molar-refractivity contribution in [2.45, 2.75) is 12.9 Å². The third-order valence-corrected chi connectivity index (χ3v) is 2.72. The predicted octanol–water partition coefficient (Wildman–Crippen LogP) is 2.18. The van der Waals surface area contributed by atoms with Crippen LogP contribution in [0, 0.1) is 0 Å². The van der Waals surface area contributed by atoms with Gasteiger partial charge in [-0.2, -0.15) is 0 Å². The molecule has 0 aliphatic rings. The number of nitrogens with one attached hydrogen (secondary N) is 2. The Morgan fingerprint density at radius 2 is 1.62 bits per heavy atom. The number of hydrogen-bond donors (Lipinski definition) is 2. The molecular formula is C10H7BrF4N4O2. The van der Waals surface area contributed by atoms with Gasteiger partial charge in [-0.05, 0) is 15.9 Å². The summed E-state index contributed by atoms with van der Waals surface area (Å²) in [6.07, 6.45) is -3.52. The van der Waals surface area contributed by atoms with Crippen LogP contribution in [-0.2, 0) is 0 Å². The fourth-order valence-electron chi connectivity index (χ4n) is 1.05. The molecule has 0 unspecified atom stereocenters. The number of rotatable bonds is 2. The highest BCUT2D eigenvalue weighted by Crippen LogP contribution is 2.20. The highest BCUT2D eigenvalue weighted by atomic mass is 79.9. The Hall–Kier alpha value is -2.04. The molecule has 114 valence electrons. The van der Waals surface area contributed by atoms with Crippen molar-refractivity contribution in [1.29, 1.82) is 0 Å². The van der Waals surface area contributed by atoms with Crippen LogP contribution in [0.25, 0.3) is 0 Å². The number of hydrogen-bond acceptors (Lipinski definition) is 4. The first-order chi connectivity index (χ1) is 9.82. The summed E-state index contributed by atoms with van der Waals surface area (Å²) < 4.78 is 47.2. The first-order valence-corrected chi connectivity index (χ1v) is 5.96. The average Bonchev–Trinajstić information content (AvgIpc) is 2.42. The van der Waals surface area contributed by atoms with Gasteiger partial charge in [0.1, 0.15) is 15.9 Å². The number of alkyl halides is 4. The van der Waals surface area contributed by atoms with Crippen LogP contribution in [-0.4, -0.2) is 19.9 Å². The van der Waals surface area contributed by atoms with Crippen LogP contribution in [0.2, 0.25) is 0 Å². The monoisotopic (exact) mass is 370 g/mol. The maximum Gasteiger partial charge on any atom is 0.281 e. The van der Waals surface area contributed by atoms with E-state index in [1.54, 1.807) is 0 Å². The number of halogens is 5. The van der Waals surface area contributed by atoms with Crippen molar-refractivity contribution in [3.63, 3.8) is 0 Å². The first-order valence-electron chi connectivity index (χ1n) is 5.17. The Kier molecular flexibility index (Phi) is 6.21. The van der Waals surface area contributed by atoms with Crippen LogP contribution in [0.3, 0.4) is 0 Å². The molecule has 0 aliphatic carbocycles. The number of aromatic amines is 2. The topological polar surface area (TPSA) is 91.5 Å². The minimum Gasteiger partial charge on any atom is -0.313 e. The van der Waals surface area contributed by atoms with E-state index >= 15 is 0 Å². The molecule has 0 aromatic carbocycles. The first kappa shape index (κ1) is 17.0. The van der Waals surface area contributed by atoms with Crippen LogP contribution >= 0.6 is 15.9 Å². The largest absolute Gasteiger partial charge is 0.313 e. The summed E-state index contributed by atoms with van der Waals surface area (Å²) in [6, 6.07) is 0.769. The zero-order valence-electron chi connectivity index (χ0n) is 9.99. The highest BCUT2D eigenvalue weighted by Gasteiger charge is 2.14. The third-order valence-electron chi connectivity index (χ3n) is 1.95. The molecular weight excluding hydrogens is 364 g/mol. The molecule has 6 nitrogen and oxygen atoms in total. The van der Waals surface area contributed by atoms with Gasteiger partial charge in [-0.3, -0.25) is 9.59 Å². The highest BCUT2D eigenvalue weighted by molar-refractivity contribution is 9.10.